The number of nitrogens with zero attached hydrogens (tertiary/aromatic N) is 2. The van der Waals surface area contributed by atoms with Gasteiger partial charge >= 0.3 is 5.97 Å². The summed E-state index contributed by atoms with van der Waals surface area (Å²) in [6.07, 6.45) is 7.60. The number of aromatic nitrogens is 2. The molecule has 2 saturated carbocycles. The van der Waals surface area contributed by atoms with Crippen molar-refractivity contribution in [1.82, 2.24) is 9.78 Å². The quantitative estimate of drug-likeness (QED) is 0.794. The molecule has 0 spiro atoms. The van der Waals surface area contributed by atoms with Gasteiger partial charge in [0.25, 0.3) is 0 Å². The van der Waals surface area contributed by atoms with Crippen LogP contribution in [0.15, 0.2) is 18.5 Å². The lowest BCUT2D eigenvalue weighted by atomic mass is 9.70. The summed E-state index contributed by atoms with van der Waals surface area (Å²) in [5, 5.41) is 4.10. The molecule has 3 atom stereocenters. The minimum absolute atomic E-state index is 0.0879. The summed E-state index contributed by atoms with van der Waals surface area (Å²) in [5.74, 6) is 0.617. The van der Waals surface area contributed by atoms with Crippen LogP contribution in [-0.4, -0.2) is 21.9 Å². The van der Waals surface area contributed by atoms with Crippen molar-refractivity contribution >= 4 is 5.97 Å². The maximum atomic E-state index is 12.1. The van der Waals surface area contributed by atoms with Crippen LogP contribution in [0.2, 0.25) is 0 Å². The molecule has 110 valence electrons. The highest BCUT2D eigenvalue weighted by molar-refractivity contribution is 5.69. The smallest absolute Gasteiger partial charge is 0.307 e. The Bertz CT molecular complexity index is 495. The lowest BCUT2D eigenvalue weighted by Gasteiger charge is -2.38. The van der Waals surface area contributed by atoms with E-state index in [-0.39, 0.29) is 17.5 Å². The Morgan fingerprint density at radius 3 is 2.80 bits per heavy atom. The second-order valence-electron chi connectivity index (χ2n) is 7.11. The molecule has 1 aromatic heterocycles. The highest BCUT2D eigenvalue weighted by Crippen LogP contribution is 2.66. The summed E-state index contributed by atoms with van der Waals surface area (Å²) in [7, 11) is 0. The maximum absolute atomic E-state index is 12.1. The molecule has 2 aliphatic carbocycles. The van der Waals surface area contributed by atoms with E-state index in [1.807, 2.05) is 12.3 Å². The van der Waals surface area contributed by atoms with Gasteiger partial charge in [-0.2, -0.15) is 5.10 Å². The van der Waals surface area contributed by atoms with Crippen molar-refractivity contribution in [3.05, 3.63) is 18.5 Å². The van der Waals surface area contributed by atoms with Crippen LogP contribution in [0.4, 0.5) is 0 Å². The highest BCUT2D eigenvalue weighted by Gasteiger charge is 2.62. The molecule has 1 aromatic rings. The zero-order valence-electron chi connectivity index (χ0n) is 12.6. The van der Waals surface area contributed by atoms with Crippen molar-refractivity contribution in [2.75, 3.05) is 0 Å². The van der Waals surface area contributed by atoms with Crippen LogP contribution < -0.4 is 0 Å². The lowest BCUT2D eigenvalue weighted by Crippen LogP contribution is -2.38. The molecule has 3 unspecified atom stereocenters. The highest BCUT2D eigenvalue weighted by atomic mass is 16.5. The molecule has 2 aliphatic rings. The number of ether oxygens (including phenoxy) is 1. The molecule has 0 N–H and O–H groups in total. The SMILES string of the molecule is CC1(C)C2CCC1(C)C(OC(=O)CCn1cccn1)C2. The number of aryl methyl sites for hydroxylation is 1. The maximum Gasteiger partial charge on any atom is 0.307 e. The minimum Gasteiger partial charge on any atom is -0.462 e. The van der Waals surface area contributed by atoms with Gasteiger partial charge < -0.3 is 4.74 Å². The molecule has 0 aromatic carbocycles. The van der Waals surface area contributed by atoms with Gasteiger partial charge in [-0.1, -0.05) is 20.8 Å². The molecule has 1 heterocycles. The van der Waals surface area contributed by atoms with E-state index in [0.717, 1.165) is 6.42 Å². The molecular weight excluding hydrogens is 252 g/mol. The minimum atomic E-state index is -0.0879. The second-order valence-corrected chi connectivity index (χ2v) is 7.11. The topological polar surface area (TPSA) is 44.1 Å². The first-order chi connectivity index (χ1) is 9.43. The summed E-state index contributed by atoms with van der Waals surface area (Å²) in [4.78, 5) is 12.1. The largest absolute Gasteiger partial charge is 0.462 e. The van der Waals surface area contributed by atoms with Gasteiger partial charge in [0.15, 0.2) is 0 Å². The summed E-state index contributed by atoms with van der Waals surface area (Å²) in [5.41, 5.74) is 0.443. The molecule has 4 heteroatoms. The van der Waals surface area contributed by atoms with Gasteiger partial charge in [0.2, 0.25) is 0 Å². The molecule has 20 heavy (non-hydrogen) atoms. The monoisotopic (exact) mass is 276 g/mol. The third-order valence-corrected chi connectivity index (χ3v) is 6.09. The van der Waals surface area contributed by atoms with Crippen LogP contribution in [0, 0.1) is 16.7 Å². The van der Waals surface area contributed by atoms with E-state index in [2.05, 4.69) is 25.9 Å². The normalized spacial score (nSPS) is 34.4. The number of carbonyl (C=O) groups is 1. The van der Waals surface area contributed by atoms with E-state index in [1.54, 1.807) is 10.9 Å². The summed E-state index contributed by atoms with van der Waals surface area (Å²) in [6, 6.07) is 1.87. The average molecular weight is 276 g/mol. The second kappa shape index (κ2) is 4.61. The van der Waals surface area contributed by atoms with Gasteiger partial charge in [0.05, 0.1) is 13.0 Å². The lowest BCUT2D eigenvalue weighted by molar-refractivity contribution is -0.157. The van der Waals surface area contributed by atoms with E-state index in [0.29, 0.717) is 24.3 Å². The van der Waals surface area contributed by atoms with Crippen molar-refractivity contribution in [2.24, 2.45) is 16.7 Å². The van der Waals surface area contributed by atoms with E-state index in [4.69, 9.17) is 4.74 Å². The first-order valence-corrected chi connectivity index (χ1v) is 7.60. The van der Waals surface area contributed by atoms with Crippen molar-refractivity contribution in [1.29, 1.82) is 0 Å². The number of hydrogen-bond donors (Lipinski definition) is 0. The Hall–Kier alpha value is -1.32. The fourth-order valence-corrected chi connectivity index (χ4v) is 4.16. The summed E-state index contributed by atoms with van der Waals surface area (Å²) < 4.78 is 7.57. The third kappa shape index (κ3) is 1.97. The van der Waals surface area contributed by atoms with Gasteiger partial charge in [-0.05, 0) is 36.7 Å². The van der Waals surface area contributed by atoms with Crippen molar-refractivity contribution in [2.45, 2.75) is 59.1 Å². The first kappa shape index (κ1) is 13.7. The summed E-state index contributed by atoms with van der Waals surface area (Å²) >= 11 is 0. The van der Waals surface area contributed by atoms with E-state index >= 15 is 0 Å². The van der Waals surface area contributed by atoms with E-state index in [1.165, 1.54) is 12.8 Å². The average Bonchev–Trinajstić information content (AvgIpc) is 3.02. The number of carbonyl (C=O) groups excluding carboxylic acids is 1. The first-order valence-electron chi connectivity index (χ1n) is 7.60. The Balaban J connectivity index is 1.58. The van der Waals surface area contributed by atoms with Crippen molar-refractivity contribution in [3.8, 4) is 0 Å². The van der Waals surface area contributed by atoms with Crippen LogP contribution in [0.1, 0.15) is 46.5 Å². The molecule has 0 radical (unpaired) electrons. The van der Waals surface area contributed by atoms with Crippen LogP contribution in [0.3, 0.4) is 0 Å². The van der Waals surface area contributed by atoms with E-state index < -0.39 is 0 Å². The zero-order chi connectivity index (χ0) is 14.4. The predicted molar refractivity (Wildman–Crippen MR) is 76.0 cm³/mol. The number of esters is 1. The van der Waals surface area contributed by atoms with Gasteiger partial charge in [-0.3, -0.25) is 9.48 Å². The van der Waals surface area contributed by atoms with Crippen LogP contribution in [0.25, 0.3) is 0 Å². The van der Waals surface area contributed by atoms with Gasteiger partial charge in [0.1, 0.15) is 6.10 Å². The molecule has 0 amide bonds. The molecule has 4 nitrogen and oxygen atoms in total. The molecule has 2 fully saturated rings. The summed E-state index contributed by atoms with van der Waals surface area (Å²) in [6.45, 7) is 7.57. The van der Waals surface area contributed by atoms with E-state index in [9.17, 15) is 4.79 Å². The number of fused-ring (bicyclic) bond motifs is 2. The molecule has 3 rings (SSSR count). The Kier molecular flexibility index (Phi) is 3.14. The fraction of sp³-hybridized carbons (Fsp3) is 0.750. The van der Waals surface area contributed by atoms with Crippen LogP contribution >= 0.6 is 0 Å². The number of rotatable bonds is 4. The fourth-order valence-electron chi connectivity index (χ4n) is 4.16. The molecule has 0 aliphatic heterocycles. The van der Waals surface area contributed by atoms with Gasteiger partial charge in [-0.15, -0.1) is 0 Å². The molecule has 2 bridgehead atoms. The molecular formula is C16H24N2O2. The Morgan fingerprint density at radius 1 is 1.45 bits per heavy atom. The van der Waals surface area contributed by atoms with Crippen LogP contribution in [0.5, 0.6) is 0 Å². The Morgan fingerprint density at radius 2 is 2.25 bits per heavy atom. The zero-order valence-corrected chi connectivity index (χ0v) is 12.6. The standard InChI is InChI=1S/C16H24N2O2/c1-15(2)12-5-7-16(15,3)13(11-12)20-14(19)6-10-18-9-4-8-17-18/h4,8-9,12-13H,5-7,10-11H2,1-3H3. The van der Waals surface area contributed by atoms with Crippen LogP contribution in [-0.2, 0) is 16.1 Å². The number of hydrogen-bond acceptors (Lipinski definition) is 3. The van der Waals surface area contributed by atoms with Gasteiger partial charge in [-0.25, -0.2) is 0 Å². The Labute approximate surface area is 120 Å². The van der Waals surface area contributed by atoms with Gasteiger partial charge in [0, 0.05) is 17.8 Å². The van der Waals surface area contributed by atoms with Crippen molar-refractivity contribution in [3.63, 3.8) is 0 Å². The van der Waals surface area contributed by atoms with Crippen molar-refractivity contribution < 1.29 is 9.53 Å². The third-order valence-electron chi connectivity index (χ3n) is 6.09. The molecule has 0 saturated heterocycles. The predicted octanol–water partition coefficient (Wildman–Crippen LogP) is 3.03.